The molecule has 13 nitrogen and oxygen atoms in total. The summed E-state index contributed by atoms with van der Waals surface area (Å²) in [5.41, 5.74) is 7.43. The molecule has 2 aromatic rings. The fraction of sp³-hybridized carbons (Fsp3) is 0.379. The van der Waals surface area contributed by atoms with Gasteiger partial charge in [-0.25, -0.2) is 9.78 Å². The first-order valence-electron chi connectivity index (χ1n) is 14.1. The third kappa shape index (κ3) is 5.99. The molecule has 1 aromatic heterocycles. The van der Waals surface area contributed by atoms with E-state index in [1.165, 1.54) is 17.0 Å². The number of carbonyl (C=O) groups excluding carboxylic acids is 3. The Bertz CT molecular complexity index is 1600. The van der Waals surface area contributed by atoms with Crippen LogP contribution in [0.5, 0.6) is 5.75 Å². The molecule has 1 aromatic carbocycles. The van der Waals surface area contributed by atoms with Gasteiger partial charge in [0.05, 0.1) is 6.04 Å². The normalized spacial score (nSPS) is 23.0. The van der Waals surface area contributed by atoms with Crippen LogP contribution in [0.25, 0.3) is 5.57 Å². The minimum Gasteiger partial charge on any atom is -1.00 e. The van der Waals surface area contributed by atoms with Crippen molar-refractivity contribution in [2.75, 3.05) is 12.3 Å². The van der Waals surface area contributed by atoms with Crippen molar-refractivity contribution in [1.29, 1.82) is 0 Å². The number of carboxylic acids is 1. The van der Waals surface area contributed by atoms with Crippen molar-refractivity contribution < 1.29 is 65.2 Å². The number of β-lactam (4-membered cyclic amide) rings is 1. The number of hydrogen-bond acceptors (Lipinski definition) is 10. The molecule has 226 valence electrons. The maximum absolute atomic E-state index is 13.5. The molecule has 1 aliphatic carbocycles. The van der Waals surface area contributed by atoms with Gasteiger partial charge in [0.2, 0.25) is 5.91 Å². The van der Waals surface area contributed by atoms with E-state index in [0.29, 0.717) is 41.7 Å². The van der Waals surface area contributed by atoms with Gasteiger partial charge in [-0.2, -0.15) is 0 Å². The predicted octanol–water partition coefficient (Wildman–Crippen LogP) is -0.987. The number of nitrogens with one attached hydrogen (secondary N) is 2. The van der Waals surface area contributed by atoms with Crippen LogP contribution in [0.15, 0.2) is 51.6 Å². The minimum absolute atomic E-state index is 0. The molecule has 0 bridgehead atoms. The fourth-order valence-electron chi connectivity index (χ4n) is 6.16. The second-order valence-electron chi connectivity index (χ2n) is 10.8. The molecule has 4 aliphatic rings. The molecule has 6 rings (SSSR count). The topological polar surface area (TPSA) is 197 Å². The SMILES string of the molecule is Nc1nc(C(=NOC2CCCC2)C(=O)N[C@@H]2C(=O)N3C(C(=O)O)=C(C(=C4CCNC4=O)c4ccc(O)cc4)CC[C@H]23)cs1.[H-].[Na+]. The maximum Gasteiger partial charge on any atom is 1.00 e. The maximum atomic E-state index is 13.5. The van der Waals surface area contributed by atoms with E-state index in [1.807, 2.05) is 0 Å². The third-order valence-corrected chi connectivity index (χ3v) is 8.87. The van der Waals surface area contributed by atoms with Gasteiger partial charge in [-0.15, -0.1) is 11.3 Å². The van der Waals surface area contributed by atoms with E-state index in [-0.39, 0.29) is 77.4 Å². The molecule has 0 unspecified atom stereocenters. The van der Waals surface area contributed by atoms with Crippen molar-refractivity contribution in [1.82, 2.24) is 20.5 Å². The number of anilines is 1. The number of carbonyl (C=O) groups is 4. The molecule has 44 heavy (non-hydrogen) atoms. The van der Waals surface area contributed by atoms with Crippen LogP contribution in [-0.4, -0.2) is 74.2 Å². The summed E-state index contributed by atoms with van der Waals surface area (Å²) in [6.45, 7) is 0.407. The molecule has 3 aliphatic heterocycles. The van der Waals surface area contributed by atoms with Crippen molar-refractivity contribution in [3.63, 3.8) is 0 Å². The van der Waals surface area contributed by atoms with Gasteiger partial charge in [0, 0.05) is 17.5 Å². The first-order valence-corrected chi connectivity index (χ1v) is 15.0. The van der Waals surface area contributed by atoms with E-state index < -0.39 is 29.9 Å². The van der Waals surface area contributed by atoms with Gasteiger partial charge in [-0.05, 0) is 73.8 Å². The molecule has 3 amide bonds. The monoisotopic (exact) mass is 630 g/mol. The quantitative estimate of drug-likeness (QED) is 0.0800. The van der Waals surface area contributed by atoms with Crippen LogP contribution in [-0.2, 0) is 24.0 Å². The Labute approximate surface area is 280 Å². The van der Waals surface area contributed by atoms with E-state index in [1.54, 1.807) is 17.5 Å². The van der Waals surface area contributed by atoms with Gasteiger partial charge >= 0.3 is 35.5 Å². The summed E-state index contributed by atoms with van der Waals surface area (Å²) < 4.78 is 0. The van der Waals surface area contributed by atoms with Crippen molar-refractivity contribution in [2.45, 2.75) is 63.1 Å². The molecule has 0 radical (unpaired) electrons. The molecule has 3 fully saturated rings. The zero-order valence-electron chi connectivity index (χ0n) is 25.0. The van der Waals surface area contributed by atoms with Gasteiger partial charge in [0.25, 0.3) is 11.8 Å². The molecular weight excluding hydrogens is 599 g/mol. The number of nitrogen functional groups attached to an aromatic ring is 1. The number of nitrogens with two attached hydrogens (primary N) is 1. The average molecular weight is 631 g/mol. The van der Waals surface area contributed by atoms with E-state index >= 15 is 0 Å². The number of phenols is 1. The Morgan fingerprint density at radius 1 is 1.16 bits per heavy atom. The summed E-state index contributed by atoms with van der Waals surface area (Å²) in [7, 11) is 0. The minimum atomic E-state index is -1.32. The number of thiazole rings is 1. The van der Waals surface area contributed by atoms with Crippen LogP contribution in [0.2, 0.25) is 0 Å². The molecular formula is C29H31N6NaO7S. The number of benzene rings is 1. The summed E-state index contributed by atoms with van der Waals surface area (Å²) in [6, 6.07) is 4.54. The number of oxime groups is 1. The Morgan fingerprint density at radius 3 is 2.50 bits per heavy atom. The molecule has 0 spiro atoms. The molecule has 15 heteroatoms. The largest absolute Gasteiger partial charge is 1.00 e. The molecule has 2 saturated heterocycles. The Balaban J connectivity index is 0.00000230. The number of nitrogens with zero attached hydrogens (tertiary/aromatic N) is 3. The number of phenolic OH excluding ortho intramolecular Hbond substituents is 1. The zero-order valence-corrected chi connectivity index (χ0v) is 26.9. The van der Waals surface area contributed by atoms with Crippen LogP contribution >= 0.6 is 11.3 Å². The van der Waals surface area contributed by atoms with Crippen LogP contribution in [0.4, 0.5) is 5.13 Å². The predicted molar refractivity (Wildman–Crippen MR) is 157 cm³/mol. The van der Waals surface area contributed by atoms with Crippen LogP contribution < -0.4 is 45.9 Å². The standard InChI is InChI=1S/C29H30N6O7S.Na.H/c30-29-32-19(13-43-29)22(34-42-16-3-1-2-4-16)26(38)33-23-20-10-9-17(24(28(40)41)35(20)27(23)39)21(18-11-12-31-25(18)37)14-5-7-15(36)8-6-14;;/h5-8,13,16,20,23,36H,1-4,9-12H2,(H2,30,32)(H,31,37)(H,33,38)(H,40,41);;/q;+1;-1/t20-,23+;;/m1../s1. The second-order valence-corrected chi connectivity index (χ2v) is 11.7. The van der Waals surface area contributed by atoms with Gasteiger partial charge < -0.3 is 32.8 Å². The Morgan fingerprint density at radius 2 is 1.89 bits per heavy atom. The molecule has 4 heterocycles. The van der Waals surface area contributed by atoms with Gasteiger partial charge in [-0.3, -0.25) is 19.3 Å². The van der Waals surface area contributed by atoms with Gasteiger partial charge in [-0.1, -0.05) is 17.3 Å². The summed E-state index contributed by atoms with van der Waals surface area (Å²) in [5.74, 6) is -2.88. The van der Waals surface area contributed by atoms with E-state index in [2.05, 4.69) is 20.8 Å². The first-order chi connectivity index (χ1) is 20.7. The smallest absolute Gasteiger partial charge is 1.00 e. The van der Waals surface area contributed by atoms with Crippen molar-refractivity contribution in [3.8, 4) is 5.75 Å². The Kier molecular flexibility index (Phi) is 9.44. The van der Waals surface area contributed by atoms with Crippen molar-refractivity contribution >= 4 is 51.4 Å². The Hall–Kier alpha value is -3.72. The fourth-order valence-corrected chi connectivity index (χ4v) is 6.70. The molecule has 1 saturated carbocycles. The van der Waals surface area contributed by atoms with Crippen LogP contribution in [0.1, 0.15) is 57.6 Å². The number of fused-ring (bicyclic) bond motifs is 1. The number of aromatic hydroxyl groups is 1. The number of allylic oxidation sites excluding steroid dienone is 2. The van der Waals surface area contributed by atoms with E-state index in [9.17, 15) is 29.4 Å². The zero-order chi connectivity index (χ0) is 30.2. The summed E-state index contributed by atoms with van der Waals surface area (Å²) >= 11 is 1.14. The van der Waals surface area contributed by atoms with E-state index in [0.717, 1.165) is 37.0 Å². The number of aromatic nitrogens is 1. The van der Waals surface area contributed by atoms with Crippen molar-refractivity contribution in [2.24, 2.45) is 5.16 Å². The number of rotatable bonds is 8. The van der Waals surface area contributed by atoms with Crippen LogP contribution in [0, 0.1) is 0 Å². The summed E-state index contributed by atoms with van der Waals surface area (Å²) in [6.07, 6.45) is 4.52. The number of hydrogen-bond donors (Lipinski definition) is 5. The molecule has 2 atom stereocenters. The van der Waals surface area contributed by atoms with Gasteiger partial charge in [0.1, 0.15) is 29.3 Å². The van der Waals surface area contributed by atoms with Crippen molar-refractivity contribution in [3.05, 3.63) is 57.7 Å². The van der Waals surface area contributed by atoms with E-state index in [4.69, 9.17) is 10.6 Å². The average Bonchev–Trinajstić information content (AvgIpc) is 3.76. The second kappa shape index (κ2) is 13.1. The molecule has 6 N–H and O–H groups in total. The first kappa shape index (κ1) is 31.7. The summed E-state index contributed by atoms with van der Waals surface area (Å²) in [4.78, 5) is 63.3. The number of amides is 3. The van der Waals surface area contributed by atoms with Crippen LogP contribution in [0.3, 0.4) is 0 Å². The summed E-state index contributed by atoms with van der Waals surface area (Å²) in [5, 5.41) is 31.5. The third-order valence-electron chi connectivity index (χ3n) is 8.20. The number of carboxylic acid groups (broad SMARTS) is 1. The van der Waals surface area contributed by atoms with Gasteiger partial charge in [0.15, 0.2) is 10.8 Å². The number of aliphatic carboxylic acids is 1.